The number of benzene rings is 1. The van der Waals surface area contributed by atoms with Crippen molar-refractivity contribution in [3.63, 3.8) is 0 Å². The van der Waals surface area contributed by atoms with Gasteiger partial charge < -0.3 is 9.30 Å². The molecule has 1 aromatic heterocycles. The molecule has 0 bridgehead atoms. The smallest absolute Gasteiger partial charge is 0.210 e. The van der Waals surface area contributed by atoms with Crippen LogP contribution in [0.2, 0.25) is 5.02 Å². The summed E-state index contributed by atoms with van der Waals surface area (Å²) < 4.78 is 6.93. The van der Waals surface area contributed by atoms with E-state index in [9.17, 15) is 4.79 Å². The molecule has 2 aromatic rings. The average molecular weight is 317 g/mol. The molecule has 22 heavy (non-hydrogen) atoms. The maximum absolute atomic E-state index is 12.8. The van der Waals surface area contributed by atoms with Gasteiger partial charge in [-0.15, -0.1) is 0 Å². The fourth-order valence-electron chi connectivity index (χ4n) is 2.45. The van der Waals surface area contributed by atoms with Crippen LogP contribution in [0.5, 0.6) is 5.75 Å². The molecular formula is C17H17ClN2O2. The number of halogens is 1. The molecule has 0 aliphatic heterocycles. The molecule has 0 amide bonds. The molecule has 0 spiro atoms. The highest BCUT2D eigenvalue weighted by Gasteiger charge is 2.23. The fourth-order valence-corrected chi connectivity index (χ4v) is 2.75. The molecule has 1 heterocycles. The Balaban J connectivity index is 2.50. The molecule has 0 unspecified atom stereocenters. The first-order chi connectivity index (χ1) is 10.5. The molecular weight excluding hydrogens is 300 g/mol. The van der Waals surface area contributed by atoms with Crippen LogP contribution in [0.4, 0.5) is 0 Å². The van der Waals surface area contributed by atoms with Gasteiger partial charge in [-0.3, -0.25) is 4.79 Å². The van der Waals surface area contributed by atoms with Gasteiger partial charge in [-0.1, -0.05) is 11.6 Å². The summed E-state index contributed by atoms with van der Waals surface area (Å²) in [5.41, 5.74) is 1.71. The molecule has 0 aliphatic rings. The van der Waals surface area contributed by atoms with Gasteiger partial charge in [0.1, 0.15) is 11.4 Å². The molecule has 0 saturated heterocycles. The molecule has 0 saturated carbocycles. The van der Waals surface area contributed by atoms with Crippen LogP contribution < -0.4 is 4.74 Å². The average Bonchev–Trinajstić information content (AvgIpc) is 2.83. The van der Waals surface area contributed by atoms with E-state index in [1.807, 2.05) is 18.4 Å². The van der Waals surface area contributed by atoms with E-state index in [-0.39, 0.29) is 18.2 Å². The van der Waals surface area contributed by atoms with Gasteiger partial charge in [-0.05, 0) is 44.2 Å². The van der Waals surface area contributed by atoms with Crippen molar-refractivity contribution < 1.29 is 9.53 Å². The van der Waals surface area contributed by atoms with E-state index in [2.05, 4.69) is 6.07 Å². The lowest BCUT2D eigenvalue weighted by molar-refractivity contribution is 0.102. The normalized spacial score (nSPS) is 10.5. The van der Waals surface area contributed by atoms with Crippen LogP contribution in [-0.4, -0.2) is 17.5 Å². The van der Waals surface area contributed by atoms with Gasteiger partial charge in [0.15, 0.2) is 0 Å². The van der Waals surface area contributed by atoms with E-state index >= 15 is 0 Å². The van der Waals surface area contributed by atoms with Crippen LogP contribution in [0, 0.1) is 11.3 Å². The summed E-state index contributed by atoms with van der Waals surface area (Å²) in [4.78, 5) is 12.8. The van der Waals surface area contributed by atoms with E-state index in [0.29, 0.717) is 22.0 Å². The predicted octanol–water partition coefficient (Wildman–Crippen LogP) is 4.03. The van der Waals surface area contributed by atoms with Crippen molar-refractivity contribution in [3.05, 3.63) is 52.3 Å². The number of hydrogen-bond donors (Lipinski definition) is 0. The van der Waals surface area contributed by atoms with Crippen LogP contribution >= 0.6 is 11.6 Å². The Morgan fingerprint density at radius 3 is 2.50 bits per heavy atom. The lowest BCUT2D eigenvalue weighted by atomic mass is 10.1. The van der Waals surface area contributed by atoms with Crippen LogP contribution in [-0.2, 0) is 6.42 Å². The van der Waals surface area contributed by atoms with E-state index < -0.39 is 0 Å². The topological polar surface area (TPSA) is 55.0 Å². The summed E-state index contributed by atoms with van der Waals surface area (Å²) in [6, 6.07) is 10.7. The zero-order valence-electron chi connectivity index (χ0n) is 12.8. The van der Waals surface area contributed by atoms with Crippen molar-refractivity contribution >= 4 is 17.4 Å². The largest absolute Gasteiger partial charge is 0.497 e. The van der Waals surface area contributed by atoms with Crippen LogP contribution in [0.1, 0.15) is 41.6 Å². The summed E-state index contributed by atoms with van der Waals surface area (Å²) in [5.74, 6) is 0.526. The van der Waals surface area contributed by atoms with Crippen molar-refractivity contribution in [1.29, 1.82) is 5.26 Å². The minimum absolute atomic E-state index is 0.0352. The monoisotopic (exact) mass is 316 g/mol. The highest BCUT2D eigenvalue weighted by molar-refractivity contribution is 6.34. The van der Waals surface area contributed by atoms with Crippen LogP contribution in [0.15, 0.2) is 30.3 Å². The van der Waals surface area contributed by atoms with Crippen molar-refractivity contribution in [3.8, 4) is 11.8 Å². The third-order valence-corrected chi connectivity index (χ3v) is 3.70. The summed E-state index contributed by atoms with van der Waals surface area (Å²) in [6.07, 6.45) is 0.216. The Morgan fingerprint density at radius 1 is 1.36 bits per heavy atom. The lowest BCUT2D eigenvalue weighted by Crippen LogP contribution is -2.14. The number of methoxy groups -OCH3 is 1. The van der Waals surface area contributed by atoms with Crippen LogP contribution in [0.25, 0.3) is 0 Å². The number of rotatable bonds is 5. The number of nitriles is 1. The highest BCUT2D eigenvalue weighted by Crippen LogP contribution is 2.28. The van der Waals surface area contributed by atoms with Gasteiger partial charge >= 0.3 is 0 Å². The first kappa shape index (κ1) is 16.1. The molecule has 1 aromatic carbocycles. The van der Waals surface area contributed by atoms with Crippen LogP contribution in [0.3, 0.4) is 0 Å². The van der Waals surface area contributed by atoms with Gasteiger partial charge in [-0.2, -0.15) is 5.26 Å². The van der Waals surface area contributed by atoms with Crippen molar-refractivity contribution in [2.45, 2.75) is 26.3 Å². The Bertz CT molecular complexity index is 724. The van der Waals surface area contributed by atoms with Crippen molar-refractivity contribution in [1.82, 2.24) is 4.57 Å². The molecule has 0 fully saturated rings. The SMILES string of the molecule is COc1ccc(C(=O)c2c(Cl)cc(CC#N)n2C(C)C)cc1. The fraction of sp³-hybridized carbons (Fsp3) is 0.294. The summed E-state index contributed by atoms with van der Waals surface area (Å²) >= 11 is 6.26. The maximum atomic E-state index is 12.8. The number of carbonyl (C=O) groups excluding carboxylic acids is 1. The summed E-state index contributed by atoms with van der Waals surface area (Å²) in [6.45, 7) is 3.92. The lowest BCUT2D eigenvalue weighted by Gasteiger charge is -2.16. The second-order valence-corrected chi connectivity index (χ2v) is 5.60. The second kappa shape index (κ2) is 6.67. The summed E-state index contributed by atoms with van der Waals surface area (Å²) in [7, 11) is 1.58. The minimum Gasteiger partial charge on any atom is -0.497 e. The Morgan fingerprint density at radius 2 is 2.00 bits per heavy atom. The van der Waals surface area contributed by atoms with Gasteiger partial charge in [-0.25, -0.2) is 0 Å². The Kier molecular flexibility index (Phi) is 4.89. The molecule has 0 radical (unpaired) electrons. The molecule has 0 atom stereocenters. The van der Waals surface area contributed by atoms with E-state index in [1.165, 1.54) is 0 Å². The zero-order chi connectivity index (χ0) is 16.3. The van der Waals surface area contributed by atoms with Gasteiger partial charge in [0.25, 0.3) is 0 Å². The van der Waals surface area contributed by atoms with Gasteiger partial charge in [0.05, 0.1) is 24.6 Å². The third kappa shape index (κ3) is 3.00. The molecule has 114 valence electrons. The third-order valence-electron chi connectivity index (χ3n) is 3.41. The maximum Gasteiger partial charge on any atom is 0.210 e. The number of nitrogens with zero attached hydrogens (tertiary/aromatic N) is 2. The van der Waals surface area contributed by atoms with E-state index in [0.717, 1.165) is 5.69 Å². The highest BCUT2D eigenvalue weighted by atomic mass is 35.5. The first-order valence-corrected chi connectivity index (χ1v) is 7.32. The zero-order valence-corrected chi connectivity index (χ0v) is 13.5. The quantitative estimate of drug-likeness (QED) is 0.783. The number of hydrogen-bond acceptors (Lipinski definition) is 3. The Labute approximate surface area is 134 Å². The molecule has 0 aliphatic carbocycles. The minimum atomic E-state index is -0.162. The molecule has 2 rings (SSSR count). The number of carbonyl (C=O) groups is 1. The van der Waals surface area contributed by atoms with Gasteiger partial charge in [0, 0.05) is 17.3 Å². The molecule has 4 nitrogen and oxygen atoms in total. The van der Waals surface area contributed by atoms with E-state index in [4.69, 9.17) is 21.6 Å². The second-order valence-electron chi connectivity index (χ2n) is 5.19. The Hall–Kier alpha value is -2.25. The standard InChI is InChI=1S/C17H17ClN2O2/c1-11(2)20-13(8-9-19)10-15(18)16(20)17(21)12-4-6-14(22-3)7-5-12/h4-7,10-11H,8H2,1-3H3. The van der Waals surface area contributed by atoms with Crippen molar-refractivity contribution in [2.75, 3.05) is 7.11 Å². The first-order valence-electron chi connectivity index (χ1n) is 6.95. The van der Waals surface area contributed by atoms with Crippen molar-refractivity contribution in [2.24, 2.45) is 0 Å². The number of ether oxygens (including phenoxy) is 1. The molecule has 0 N–H and O–H groups in total. The summed E-state index contributed by atoms with van der Waals surface area (Å²) in [5, 5.41) is 9.31. The van der Waals surface area contributed by atoms with E-state index in [1.54, 1.807) is 37.4 Å². The predicted molar refractivity (Wildman–Crippen MR) is 85.6 cm³/mol. The number of aromatic nitrogens is 1. The molecule has 5 heteroatoms. The van der Waals surface area contributed by atoms with Gasteiger partial charge in [0.2, 0.25) is 5.78 Å². The number of ketones is 1.